The van der Waals surface area contributed by atoms with E-state index in [1.54, 1.807) is 19.9 Å². The summed E-state index contributed by atoms with van der Waals surface area (Å²) in [5, 5.41) is 10.3. The monoisotopic (exact) mass is 491 g/mol. The standard InChI is InChI=1S/C21H25N5O5S2/c1-13-18-14(2)31-21(19(18)20(28)25-24-13)23-16(27)12-32-17-8-7-15(11-22-17)33(29,30)26-9-5-3-4-6-10-26/h7-8,11H,3-6,9-10,12H2,1-2H3,(H,23,27)(H,25,28). The van der Waals surface area contributed by atoms with E-state index in [0.29, 0.717) is 35.0 Å². The van der Waals surface area contributed by atoms with E-state index in [4.69, 9.17) is 4.42 Å². The summed E-state index contributed by atoms with van der Waals surface area (Å²) >= 11 is 1.15. The number of aromatic nitrogens is 3. The van der Waals surface area contributed by atoms with Crippen molar-refractivity contribution in [2.45, 2.75) is 49.5 Å². The third-order valence-electron chi connectivity index (χ3n) is 5.51. The van der Waals surface area contributed by atoms with Crippen molar-refractivity contribution in [3.05, 3.63) is 40.1 Å². The number of nitrogens with zero attached hydrogens (tertiary/aromatic N) is 3. The van der Waals surface area contributed by atoms with Crippen molar-refractivity contribution < 1.29 is 17.6 Å². The lowest BCUT2D eigenvalue weighted by Crippen LogP contribution is -2.32. The minimum atomic E-state index is -3.57. The normalized spacial score (nSPS) is 15.5. The number of hydrogen-bond acceptors (Lipinski definition) is 8. The molecule has 3 aromatic rings. The number of hydrogen-bond donors (Lipinski definition) is 2. The van der Waals surface area contributed by atoms with E-state index >= 15 is 0 Å². The second kappa shape index (κ2) is 9.65. The number of sulfonamides is 1. The number of carbonyl (C=O) groups is 1. The van der Waals surface area contributed by atoms with Crippen molar-refractivity contribution in [3.8, 4) is 0 Å². The highest BCUT2D eigenvalue weighted by atomic mass is 32.2. The molecule has 4 heterocycles. The van der Waals surface area contributed by atoms with E-state index in [1.807, 2.05) is 0 Å². The van der Waals surface area contributed by atoms with Gasteiger partial charge in [0.05, 0.1) is 21.9 Å². The molecule has 1 saturated heterocycles. The Balaban J connectivity index is 1.41. The summed E-state index contributed by atoms with van der Waals surface area (Å²) in [6, 6.07) is 3.11. The number of aromatic amines is 1. The fourth-order valence-electron chi connectivity index (χ4n) is 3.87. The van der Waals surface area contributed by atoms with Crippen molar-refractivity contribution in [1.82, 2.24) is 19.5 Å². The molecule has 33 heavy (non-hydrogen) atoms. The molecule has 10 nitrogen and oxygen atoms in total. The number of fused-ring (bicyclic) bond motifs is 1. The predicted molar refractivity (Wildman–Crippen MR) is 125 cm³/mol. The zero-order chi connectivity index (χ0) is 23.6. The molecule has 12 heteroatoms. The first-order valence-electron chi connectivity index (χ1n) is 10.6. The van der Waals surface area contributed by atoms with Crippen molar-refractivity contribution >= 4 is 44.3 Å². The number of nitrogens with one attached hydrogen (secondary N) is 2. The zero-order valence-corrected chi connectivity index (χ0v) is 20.0. The van der Waals surface area contributed by atoms with Gasteiger partial charge < -0.3 is 4.42 Å². The summed E-state index contributed by atoms with van der Waals surface area (Å²) in [7, 11) is -3.57. The average Bonchev–Trinajstić information content (AvgIpc) is 2.96. The van der Waals surface area contributed by atoms with Gasteiger partial charge in [0.15, 0.2) is 0 Å². The SMILES string of the molecule is Cc1n[nH]c(=O)c2c(NC(=O)CSc3ccc(S(=O)(=O)N4CCCCCC4)cn3)oc(C)c12. The molecule has 0 aliphatic carbocycles. The maximum absolute atomic E-state index is 12.9. The fraction of sp³-hybridized carbons (Fsp3) is 0.429. The van der Waals surface area contributed by atoms with Crippen molar-refractivity contribution in [2.24, 2.45) is 0 Å². The largest absolute Gasteiger partial charge is 0.444 e. The molecule has 0 unspecified atom stereocenters. The molecular formula is C21H25N5O5S2. The molecule has 0 spiro atoms. The number of pyridine rings is 1. The Labute approximate surface area is 195 Å². The number of carbonyl (C=O) groups excluding carboxylic acids is 1. The van der Waals surface area contributed by atoms with Gasteiger partial charge in [0, 0.05) is 19.3 Å². The number of rotatable bonds is 6. The third-order valence-corrected chi connectivity index (χ3v) is 8.34. The van der Waals surface area contributed by atoms with Crippen LogP contribution in [0.5, 0.6) is 0 Å². The Kier molecular flexibility index (Phi) is 6.86. The maximum Gasteiger partial charge on any atom is 0.277 e. The van der Waals surface area contributed by atoms with Crippen LogP contribution in [0.25, 0.3) is 10.8 Å². The topological polar surface area (TPSA) is 138 Å². The van der Waals surface area contributed by atoms with Crippen molar-refractivity contribution in [1.29, 1.82) is 0 Å². The van der Waals surface area contributed by atoms with E-state index < -0.39 is 15.6 Å². The van der Waals surface area contributed by atoms with Crippen molar-refractivity contribution in [2.75, 3.05) is 24.2 Å². The molecule has 1 fully saturated rings. The van der Waals surface area contributed by atoms with E-state index in [-0.39, 0.29) is 27.8 Å². The van der Waals surface area contributed by atoms with Gasteiger partial charge in [0.2, 0.25) is 21.8 Å². The smallest absolute Gasteiger partial charge is 0.277 e. The summed E-state index contributed by atoms with van der Waals surface area (Å²) in [6.07, 6.45) is 5.14. The van der Waals surface area contributed by atoms with Crippen molar-refractivity contribution in [3.63, 3.8) is 0 Å². The van der Waals surface area contributed by atoms with Crippen LogP contribution in [0.4, 0.5) is 5.88 Å². The van der Waals surface area contributed by atoms with E-state index in [0.717, 1.165) is 37.4 Å². The van der Waals surface area contributed by atoms with Gasteiger partial charge in [0.25, 0.3) is 5.56 Å². The maximum atomic E-state index is 12.9. The molecule has 1 amide bonds. The molecule has 0 aromatic carbocycles. The Morgan fingerprint density at radius 2 is 1.91 bits per heavy atom. The number of thioether (sulfide) groups is 1. The Morgan fingerprint density at radius 3 is 2.58 bits per heavy atom. The average molecular weight is 492 g/mol. The highest BCUT2D eigenvalue weighted by Crippen LogP contribution is 2.29. The summed E-state index contributed by atoms with van der Waals surface area (Å²) < 4.78 is 32.8. The Hall–Kier alpha value is -2.70. The predicted octanol–water partition coefficient (Wildman–Crippen LogP) is 2.82. The van der Waals surface area contributed by atoms with Gasteiger partial charge in [-0.1, -0.05) is 24.6 Å². The van der Waals surface area contributed by atoms with Crippen LogP contribution >= 0.6 is 11.8 Å². The summed E-state index contributed by atoms with van der Waals surface area (Å²) in [4.78, 5) is 29.0. The number of aryl methyl sites for hydroxylation is 2. The molecule has 0 radical (unpaired) electrons. The second-order valence-corrected chi connectivity index (χ2v) is 10.8. The fourth-order valence-corrected chi connectivity index (χ4v) is 5.98. The van der Waals surface area contributed by atoms with Gasteiger partial charge in [-0.3, -0.25) is 14.9 Å². The highest BCUT2D eigenvalue weighted by molar-refractivity contribution is 7.99. The second-order valence-electron chi connectivity index (χ2n) is 7.86. The lowest BCUT2D eigenvalue weighted by atomic mass is 10.2. The molecule has 0 bridgehead atoms. The van der Waals surface area contributed by atoms with Gasteiger partial charge in [-0.05, 0) is 38.8 Å². The molecule has 176 valence electrons. The molecule has 4 rings (SSSR count). The molecule has 3 aromatic heterocycles. The number of furan rings is 1. The Morgan fingerprint density at radius 1 is 1.18 bits per heavy atom. The first-order chi connectivity index (χ1) is 15.8. The van der Waals surface area contributed by atoms with Crippen LogP contribution in [0.3, 0.4) is 0 Å². The van der Waals surface area contributed by atoms with Gasteiger partial charge >= 0.3 is 0 Å². The Bertz CT molecular complexity index is 1320. The number of anilines is 1. The first kappa shape index (κ1) is 23.5. The minimum Gasteiger partial charge on any atom is -0.444 e. The molecule has 0 saturated carbocycles. The van der Waals surface area contributed by atoms with E-state index in [1.165, 1.54) is 16.6 Å². The molecule has 1 aliphatic heterocycles. The lowest BCUT2D eigenvalue weighted by Gasteiger charge is -2.19. The van der Waals surface area contributed by atoms with Crippen LogP contribution in [0.15, 0.2) is 37.5 Å². The van der Waals surface area contributed by atoms with E-state index in [2.05, 4.69) is 20.5 Å². The quantitative estimate of drug-likeness (QED) is 0.502. The highest BCUT2D eigenvalue weighted by Gasteiger charge is 2.25. The van der Waals surface area contributed by atoms with Crippen LogP contribution in [0.2, 0.25) is 0 Å². The van der Waals surface area contributed by atoms with Gasteiger partial charge in [-0.2, -0.15) is 9.40 Å². The lowest BCUT2D eigenvalue weighted by molar-refractivity contribution is -0.113. The van der Waals surface area contributed by atoms with Crippen LogP contribution in [0.1, 0.15) is 37.1 Å². The number of amides is 1. The zero-order valence-electron chi connectivity index (χ0n) is 18.4. The van der Waals surface area contributed by atoms with Gasteiger partial charge in [-0.15, -0.1) is 0 Å². The summed E-state index contributed by atoms with van der Waals surface area (Å²) in [5.74, 6) is 0.195. The third kappa shape index (κ3) is 4.97. The van der Waals surface area contributed by atoms with Crippen LogP contribution in [-0.4, -0.2) is 52.7 Å². The van der Waals surface area contributed by atoms with Gasteiger partial charge in [-0.25, -0.2) is 18.5 Å². The summed E-state index contributed by atoms with van der Waals surface area (Å²) in [6.45, 7) is 4.49. The van der Waals surface area contributed by atoms with E-state index in [9.17, 15) is 18.0 Å². The number of H-pyrrole nitrogens is 1. The van der Waals surface area contributed by atoms with Crippen LogP contribution in [-0.2, 0) is 14.8 Å². The van der Waals surface area contributed by atoms with Gasteiger partial charge in [0.1, 0.15) is 16.0 Å². The minimum absolute atomic E-state index is 0.00837. The first-order valence-corrected chi connectivity index (χ1v) is 13.1. The van der Waals surface area contributed by atoms with Crippen LogP contribution < -0.4 is 10.9 Å². The molecule has 2 N–H and O–H groups in total. The summed E-state index contributed by atoms with van der Waals surface area (Å²) in [5.41, 5.74) is 0.151. The molecular weight excluding hydrogens is 466 g/mol. The molecule has 0 atom stereocenters. The van der Waals surface area contributed by atoms with Crippen LogP contribution in [0, 0.1) is 13.8 Å². The molecule has 1 aliphatic rings.